The van der Waals surface area contributed by atoms with E-state index in [-0.39, 0.29) is 5.82 Å². The van der Waals surface area contributed by atoms with Gasteiger partial charge in [0.15, 0.2) is 0 Å². The molecule has 0 aliphatic carbocycles. The Morgan fingerprint density at radius 3 is 2.44 bits per heavy atom. The van der Waals surface area contributed by atoms with Gasteiger partial charge in [-0.15, -0.1) is 0 Å². The Kier molecular flexibility index (Phi) is 7.58. The number of rotatable bonds is 7. The topological polar surface area (TPSA) is 47.5 Å². The Bertz CT molecular complexity index is 890. The van der Waals surface area contributed by atoms with E-state index in [1.54, 1.807) is 6.07 Å². The van der Waals surface area contributed by atoms with Gasteiger partial charge >= 0.3 is 0 Å². The lowest BCUT2D eigenvalue weighted by Crippen LogP contribution is -2.29. The van der Waals surface area contributed by atoms with Gasteiger partial charge in [0.25, 0.3) is 0 Å². The van der Waals surface area contributed by atoms with Gasteiger partial charge in [-0.3, -0.25) is 4.90 Å². The molecule has 4 rings (SSSR count). The van der Waals surface area contributed by atoms with Crippen LogP contribution in [-0.4, -0.2) is 62.2 Å². The van der Waals surface area contributed by atoms with E-state index in [1.807, 2.05) is 32.1 Å². The highest BCUT2D eigenvalue weighted by Crippen LogP contribution is 2.26. The first-order valence-electron chi connectivity index (χ1n) is 12.0. The molecule has 0 atom stereocenters. The van der Waals surface area contributed by atoms with Crippen LogP contribution in [-0.2, 0) is 13.1 Å². The zero-order valence-corrected chi connectivity index (χ0v) is 19.8. The molecular formula is C25H37FN6. The van der Waals surface area contributed by atoms with Crippen molar-refractivity contribution >= 4 is 11.5 Å². The van der Waals surface area contributed by atoms with E-state index in [1.165, 1.54) is 19.3 Å². The number of piperidine rings is 2. The Morgan fingerprint density at radius 1 is 1.00 bits per heavy atom. The first-order chi connectivity index (χ1) is 15.5. The summed E-state index contributed by atoms with van der Waals surface area (Å²) in [6.07, 6.45) is 5.81. The van der Waals surface area contributed by atoms with Crippen LogP contribution >= 0.6 is 0 Å². The number of anilines is 2. The number of aromatic nitrogens is 2. The number of nitrogens with zero attached hydrogens (tertiary/aromatic N) is 5. The van der Waals surface area contributed by atoms with E-state index in [0.29, 0.717) is 19.0 Å². The number of hydrogen-bond donors (Lipinski definition) is 1. The summed E-state index contributed by atoms with van der Waals surface area (Å²) in [4.78, 5) is 16.2. The van der Waals surface area contributed by atoms with Crippen LogP contribution in [0.2, 0.25) is 0 Å². The molecule has 0 unspecified atom stereocenters. The average Bonchev–Trinajstić information content (AvgIpc) is 2.81. The summed E-state index contributed by atoms with van der Waals surface area (Å²) in [5.41, 5.74) is 2.73. The highest BCUT2D eigenvalue weighted by atomic mass is 19.1. The molecule has 6 nitrogen and oxygen atoms in total. The van der Waals surface area contributed by atoms with Crippen molar-refractivity contribution in [2.75, 3.05) is 57.1 Å². The minimum atomic E-state index is -0.119. The maximum absolute atomic E-state index is 14.9. The van der Waals surface area contributed by atoms with Gasteiger partial charge in [-0.1, -0.05) is 6.07 Å². The fourth-order valence-corrected chi connectivity index (χ4v) is 4.71. The van der Waals surface area contributed by atoms with E-state index < -0.39 is 0 Å². The monoisotopic (exact) mass is 440 g/mol. The Hall–Kier alpha value is -2.25. The van der Waals surface area contributed by atoms with Crippen molar-refractivity contribution in [2.45, 2.75) is 51.1 Å². The van der Waals surface area contributed by atoms with Crippen LogP contribution in [0, 0.1) is 5.82 Å². The second-order valence-corrected chi connectivity index (χ2v) is 9.49. The van der Waals surface area contributed by atoms with Gasteiger partial charge in [0.1, 0.15) is 17.5 Å². The van der Waals surface area contributed by atoms with Crippen molar-refractivity contribution in [1.29, 1.82) is 0 Å². The van der Waals surface area contributed by atoms with Gasteiger partial charge in [-0.25, -0.2) is 14.4 Å². The molecule has 0 saturated carbocycles. The normalized spacial score (nSPS) is 17.7. The summed E-state index contributed by atoms with van der Waals surface area (Å²) >= 11 is 0. The van der Waals surface area contributed by atoms with Gasteiger partial charge in [-0.2, -0.15) is 0 Å². The molecule has 0 bridgehead atoms. The predicted octanol–water partition coefficient (Wildman–Crippen LogP) is 3.77. The molecular weight excluding hydrogens is 403 g/mol. The largest absolute Gasteiger partial charge is 0.371 e. The summed E-state index contributed by atoms with van der Waals surface area (Å²) in [5.74, 6) is 2.17. The smallest absolute Gasteiger partial charge is 0.134 e. The number of benzene rings is 1. The van der Waals surface area contributed by atoms with Crippen LogP contribution in [0.25, 0.3) is 0 Å². The zero-order chi connectivity index (χ0) is 22.5. The standard InChI is InChI=1S/C25H37FN6/c1-30(2)24-15-21(28-25(29-24)19-9-11-27-12-10-19)18-31(3)17-20-7-8-22(16-23(20)26)32-13-5-4-6-14-32/h7-8,15-16,19,27H,4-6,9-14,17-18H2,1-3H3. The zero-order valence-electron chi connectivity index (χ0n) is 19.8. The van der Waals surface area contributed by atoms with Gasteiger partial charge in [-0.05, 0) is 64.4 Å². The van der Waals surface area contributed by atoms with Crippen molar-refractivity contribution in [3.8, 4) is 0 Å². The van der Waals surface area contributed by atoms with Gasteiger partial charge < -0.3 is 15.1 Å². The molecule has 2 aliphatic heterocycles. The molecule has 2 fully saturated rings. The number of halogens is 1. The van der Waals surface area contributed by atoms with E-state index in [4.69, 9.17) is 9.97 Å². The number of nitrogens with one attached hydrogen (secondary N) is 1. The van der Waals surface area contributed by atoms with Crippen molar-refractivity contribution in [3.05, 3.63) is 47.2 Å². The second kappa shape index (κ2) is 10.6. The van der Waals surface area contributed by atoms with Crippen LogP contribution < -0.4 is 15.1 Å². The second-order valence-electron chi connectivity index (χ2n) is 9.49. The Labute approximate surface area is 191 Å². The molecule has 1 aromatic heterocycles. The van der Waals surface area contributed by atoms with Gasteiger partial charge in [0.2, 0.25) is 0 Å². The molecule has 0 amide bonds. The van der Waals surface area contributed by atoms with Crippen LogP contribution in [0.4, 0.5) is 15.9 Å². The molecule has 2 aliphatic rings. The van der Waals surface area contributed by atoms with E-state index in [2.05, 4.69) is 27.2 Å². The quantitative estimate of drug-likeness (QED) is 0.707. The van der Waals surface area contributed by atoms with E-state index in [0.717, 1.165) is 67.6 Å². The SMILES string of the molecule is CN(Cc1cc(N(C)C)nc(C2CCNCC2)n1)Cc1ccc(N2CCCCC2)cc1F. The van der Waals surface area contributed by atoms with Crippen LogP contribution in [0.3, 0.4) is 0 Å². The molecule has 32 heavy (non-hydrogen) atoms. The minimum Gasteiger partial charge on any atom is -0.371 e. The lowest BCUT2D eigenvalue weighted by Gasteiger charge is -2.29. The molecule has 0 radical (unpaired) electrons. The molecule has 3 heterocycles. The maximum atomic E-state index is 14.9. The highest BCUT2D eigenvalue weighted by Gasteiger charge is 2.20. The van der Waals surface area contributed by atoms with Crippen LogP contribution in [0.5, 0.6) is 0 Å². The predicted molar refractivity (Wildman–Crippen MR) is 129 cm³/mol. The minimum absolute atomic E-state index is 0.119. The third-order valence-electron chi connectivity index (χ3n) is 6.58. The van der Waals surface area contributed by atoms with Crippen molar-refractivity contribution < 1.29 is 4.39 Å². The summed E-state index contributed by atoms with van der Waals surface area (Å²) in [7, 11) is 6.06. The van der Waals surface area contributed by atoms with Gasteiger partial charge in [0, 0.05) is 63.5 Å². The first-order valence-corrected chi connectivity index (χ1v) is 12.0. The molecule has 174 valence electrons. The Balaban J connectivity index is 1.45. The summed E-state index contributed by atoms with van der Waals surface area (Å²) in [6, 6.07) is 7.78. The van der Waals surface area contributed by atoms with Crippen LogP contribution in [0.1, 0.15) is 55.1 Å². The van der Waals surface area contributed by atoms with Crippen LogP contribution in [0.15, 0.2) is 24.3 Å². The average molecular weight is 441 g/mol. The van der Waals surface area contributed by atoms with Crippen molar-refractivity contribution in [2.24, 2.45) is 0 Å². The third kappa shape index (κ3) is 5.75. The molecule has 1 aromatic carbocycles. The van der Waals surface area contributed by atoms with E-state index >= 15 is 0 Å². The lowest BCUT2D eigenvalue weighted by molar-refractivity contribution is 0.308. The molecule has 1 N–H and O–H groups in total. The maximum Gasteiger partial charge on any atom is 0.134 e. The molecule has 2 saturated heterocycles. The lowest BCUT2D eigenvalue weighted by atomic mass is 9.97. The first kappa shape index (κ1) is 22.9. The molecule has 2 aromatic rings. The highest BCUT2D eigenvalue weighted by molar-refractivity contribution is 5.48. The third-order valence-corrected chi connectivity index (χ3v) is 6.58. The number of hydrogen-bond acceptors (Lipinski definition) is 6. The summed E-state index contributed by atoms with van der Waals surface area (Å²) < 4.78 is 14.9. The van der Waals surface area contributed by atoms with Crippen molar-refractivity contribution in [1.82, 2.24) is 20.2 Å². The van der Waals surface area contributed by atoms with E-state index in [9.17, 15) is 4.39 Å². The summed E-state index contributed by atoms with van der Waals surface area (Å²) in [6.45, 7) is 5.30. The molecule has 7 heteroatoms. The Morgan fingerprint density at radius 2 is 1.75 bits per heavy atom. The molecule has 0 spiro atoms. The van der Waals surface area contributed by atoms with Gasteiger partial charge in [0.05, 0.1) is 5.69 Å². The van der Waals surface area contributed by atoms with Crippen molar-refractivity contribution in [3.63, 3.8) is 0 Å². The fourth-order valence-electron chi connectivity index (χ4n) is 4.71. The fraction of sp³-hybridized carbons (Fsp3) is 0.600. The summed E-state index contributed by atoms with van der Waals surface area (Å²) in [5, 5.41) is 3.41.